The minimum Gasteiger partial charge on any atom is -0.376 e. The molecule has 8 nitrogen and oxygen atoms in total. The summed E-state index contributed by atoms with van der Waals surface area (Å²) in [6.07, 6.45) is 11.0. The fourth-order valence-corrected chi connectivity index (χ4v) is 8.24. The van der Waals surface area contributed by atoms with Crippen LogP contribution in [0.4, 0.5) is 0 Å². The van der Waals surface area contributed by atoms with Gasteiger partial charge in [0.2, 0.25) is 5.91 Å². The lowest BCUT2D eigenvalue weighted by molar-refractivity contribution is -0.530. The van der Waals surface area contributed by atoms with Crippen LogP contribution in [0.1, 0.15) is 58.8 Å². The van der Waals surface area contributed by atoms with Crippen LogP contribution in [0.15, 0.2) is 11.2 Å². The van der Waals surface area contributed by atoms with E-state index in [1.165, 1.54) is 12.8 Å². The van der Waals surface area contributed by atoms with Gasteiger partial charge in [-0.1, -0.05) is 31.9 Å². The third kappa shape index (κ3) is 7.31. The molecule has 4 rings (SSSR count). The topological polar surface area (TPSA) is 93.9 Å². The van der Waals surface area contributed by atoms with Crippen LogP contribution in [0.5, 0.6) is 0 Å². The Bertz CT molecular complexity index is 906. The fraction of sp³-hybridized carbons (Fsp3) is 0.862. The van der Waals surface area contributed by atoms with Crippen molar-refractivity contribution in [1.82, 2.24) is 20.0 Å². The average molecular weight is 586 g/mol. The second-order valence-corrected chi connectivity index (χ2v) is 13.7. The zero-order valence-corrected chi connectivity index (χ0v) is 26.0. The van der Waals surface area contributed by atoms with E-state index in [-0.39, 0.29) is 34.8 Å². The summed E-state index contributed by atoms with van der Waals surface area (Å²) in [6, 6.07) is -0.286. The van der Waals surface area contributed by atoms with Gasteiger partial charge in [-0.05, 0) is 50.5 Å². The average Bonchev–Trinajstić information content (AvgIpc) is 3.54. The molecule has 0 aromatic rings. The van der Waals surface area contributed by atoms with Gasteiger partial charge in [0.1, 0.15) is 18.0 Å². The molecule has 7 atom stereocenters. The van der Waals surface area contributed by atoms with E-state index in [0.29, 0.717) is 5.92 Å². The van der Waals surface area contributed by atoms with Crippen LogP contribution < -0.4 is 16.8 Å². The number of hydrogen-bond acceptors (Lipinski definition) is 6. The molecule has 222 valence electrons. The fourth-order valence-electron chi connectivity index (χ4n) is 7.33. The first-order valence-electron chi connectivity index (χ1n) is 15.1. The third-order valence-corrected chi connectivity index (χ3v) is 10.6. The van der Waals surface area contributed by atoms with Gasteiger partial charge < -0.3 is 26.6 Å². The predicted octanol–water partition coefficient (Wildman–Crippen LogP) is 2.43. The van der Waals surface area contributed by atoms with E-state index in [1.807, 2.05) is 13.2 Å². The summed E-state index contributed by atoms with van der Waals surface area (Å²) in [5, 5.41) is 4.17. The molecule has 0 radical (unpaired) electrons. The highest BCUT2D eigenvalue weighted by molar-refractivity contribution is 6.29. The van der Waals surface area contributed by atoms with Crippen LogP contribution in [-0.2, 0) is 4.79 Å². The van der Waals surface area contributed by atoms with Gasteiger partial charge in [0.05, 0.1) is 18.1 Å². The monoisotopic (exact) mass is 584 g/mol. The maximum Gasteiger partial charge on any atom is 0.228 e. The number of carbonyl (C=O) groups is 1. The molecule has 0 aromatic carbocycles. The van der Waals surface area contributed by atoms with Crippen molar-refractivity contribution < 1.29 is 9.37 Å². The van der Waals surface area contributed by atoms with E-state index >= 15 is 0 Å². The number of rotatable bonds is 10. The number of unbranched alkanes of at least 4 members (excludes halogenated alkanes) is 2. The maximum absolute atomic E-state index is 14.1. The first kappa shape index (κ1) is 31.0. The Kier molecular flexibility index (Phi) is 10.7. The molecular formula is C29H52Cl2N7O+. The number of nitrogens with one attached hydrogen (secondary N) is 1. The van der Waals surface area contributed by atoms with Gasteiger partial charge in [-0.2, -0.15) is 0 Å². The van der Waals surface area contributed by atoms with E-state index in [1.54, 1.807) is 0 Å². The van der Waals surface area contributed by atoms with Gasteiger partial charge in [-0.15, -0.1) is 11.6 Å². The zero-order chi connectivity index (χ0) is 28.3. The molecule has 0 aromatic heterocycles. The highest BCUT2D eigenvalue weighted by atomic mass is 35.5. The number of carbonyl (C=O) groups excluding carboxylic acids is 1. The summed E-state index contributed by atoms with van der Waals surface area (Å²) < 4.78 is 2.31. The molecule has 5 N–H and O–H groups in total. The van der Waals surface area contributed by atoms with Crippen molar-refractivity contribution in [3.63, 3.8) is 0 Å². The smallest absolute Gasteiger partial charge is 0.228 e. The van der Waals surface area contributed by atoms with Crippen LogP contribution >= 0.6 is 23.2 Å². The van der Waals surface area contributed by atoms with Crippen molar-refractivity contribution >= 4 is 35.3 Å². The van der Waals surface area contributed by atoms with E-state index in [0.717, 1.165) is 76.4 Å². The Morgan fingerprint density at radius 2 is 1.92 bits per heavy atom. The van der Waals surface area contributed by atoms with Crippen LogP contribution in [-0.4, -0.2) is 114 Å². The Morgan fingerprint density at radius 1 is 1.21 bits per heavy atom. The van der Waals surface area contributed by atoms with Crippen molar-refractivity contribution in [3.8, 4) is 0 Å². The third-order valence-electron chi connectivity index (χ3n) is 9.94. The molecule has 1 saturated heterocycles. The maximum atomic E-state index is 14.1. The number of halogens is 2. The molecule has 1 saturated carbocycles. The van der Waals surface area contributed by atoms with Crippen molar-refractivity contribution in [3.05, 3.63) is 11.2 Å². The quantitative estimate of drug-likeness (QED) is 0.158. The number of nitrogens with two attached hydrogens (primary N) is 2. The van der Waals surface area contributed by atoms with Crippen molar-refractivity contribution in [2.75, 3.05) is 53.4 Å². The van der Waals surface area contributed by atoms with E-state index in [2.05, 4.69) is 51.7 Å². The van der Waals surface area contributed by atoms with Gasteiger partial charge in [0.15, 0.2) is 12.8 Å². The SMILES string of the molecule is CCCCC[N+]1=CC(NC(=O)C(C(N)N)C2CC3CC3(CC)CC(Cl)=CN2C)C(N2CCN(C)CC2)C(Cl)C1. The Balaban J connectivity index is 1.57. The van der Waals surface area contributed by atoms with Gasteiger partial charge in [0, 0.05) is 56.9 Å². The summed E-state index contributed by atoms with van der Waals surface area (Å²) in [4.78, 5) is 21.0. The number of allylic oxidation sites excluding steroid dienone is 1. The molecule has 0 spiro atoms. The minimum atomic E-state index is -0.781. The van der Waals surface area contributed by atoms with Crippen LogP contribution in [0.2, 0.25) is 0 Å². The normalized spacial score (nSPS) is 35.0. The lowest BCUT2D eigenvalue weighted by Gasteiger charge is -2.44. The molecule has 3 heterocycles. The largest absolute Gasteiger partial charge is 0.376 e. The lowest BCUT2D eigenvalue weighted by Crippen LogP contribution is -2.66. The number of amides is 1. The molecule has 7 unspecified atom stereocenters. The predicted molar refractivity (Wildman–Crippen MR) is 161 cm³/mol. The molecule has 1 aliphatic carbocycles. The Morgan fingerprint density at radius 3 is 2.56 bits per heavy atom. The second-order valence-electron chi connectivity index (χ2n) is 12.7. The Labute approximate surface area is 246 Å². The second kappa shape index (κ2) is 13.4. The van der Waals surface area contributed by atoms with Crippen molar-refractivity contribution in [2.45, 2.75) is 88.5 Å². The highest BCUT2D eigenvalue weighted by Gasteiger charge is 2.55. The van der Waals surface area contributed by atoms with Gasteiger partial charge >= 0.3 is 0 Å². The highest BCUT2D eigenvalue weighted by Crippen LogP contribution is 2.62. The molecule has 3 aliphatic heterocycles. The van der Waals surface area contributed by atoms with Gasteiger partial charge in [-0.3, -0.25) is 9.69 Å². The zero-order valence-electron chi connectivity index (χ0n) is 24.5. The van der Waals surface area contributed by atoms with E-state index in [4.69, 9.17) is 34.7 Å². The van der Waals surface area contributed by atoms with Crippen molar-refractivity contribution in [1.29, 1.82) is 0 Å². The molecular weight excluding hydrogens is 533 g/mol. The summed E-state index contributed by atoms with van der Waals surface area (Å²) in [6.45, 7) is 10.1. The number of hydrogen-bond donors (Lipinski definition) is 3. The molecule has 1 amide bonds. The number of nitrogens with zero attached hydrogens (tertiary/aromatic N) is 4. The summed E-state index contributed by atoms with van der Waals surface area (Å²) in [7, 11) is 4.16. The summed E-state index contributed by atoms with van der Waals surface area (Å²) in [5.41, 5.74) is 13.0. The van der Waals surface area contributed by atoms with Crippen LogP contribution in [0.25, 0.3) is 0 Å². The van der Waals surface area contributed by atoms with Crippen molar-refractivity contribution in [2.24, 2.45) is 28.7 Å². The lowest BCUT2D eigenvalue weighted by atomic mass is 9.85. The molecule has 4 aliphatic rings. The standard InChI is InChI=1S/C29H51Cl2N7O/c1-5-7-8-9-37-18-22(31)26(38-12-10-35(3)11-13-38)23(19-37)34-28(39)25(27(32)33)24-14-20-15-29(20,6-2)16-21(30)17-36(24)4/h17,19-20,22-27H,5-16,18,32-33H2,1-4H3/p+1. The molecule has 39 heavy (non-hydrogen) atoms. The first-order chi connectivity index (χ1) is 18.6. The van der Waals surface area contributed by atoms with Gasteiger partial charge in [-0.25, -0.2) is 4.58 Å². The van der Waals surface area contributed by atoms with E-state index in [9.17, 15) is 4.79 Å². The summed E-state index contributed by atoms with van der Waals surface area (Å²) >= 11 is 13.8. The first-order valence-corrected chi connectivity index (χ1v) is 15.9. The van der Waals surface area contributed by atoms with E-state index < -0.39 is 12.1 Å². The number of alkyl halides is 1. The molecule has 0 bridgehead atoms. The number of piperazine rings is 1. The van der Waals surface area contributed by atoms with Crippen LogP contribution in [0, 0.1) is 17.3 Å². The van der Waals surface area contributed by atoms with Crippen LogP contribution in [0.3, 0.4) is 0 Å². The summed E-state index contributed by atoms with van der Waals surface area (Å²) in [5.74, 6) is -0.115. The minimum absolute atomic E-state index is 0.0296. The number of fused-ring (bicyclic) bond motifs is 1. The van der Waals surface area contributed by atoms with Gasteiger partial charge in [0.25, 0.3) is 0 Å². The number of likely N-dealkylation sites (N-methyl/N-ethyl adjacent to an activating group) is 1. The molecule has 2 fully saturated rings. The molecule has 10 heteroatoms. The Hall–Kier alpha value is -0.900.